The van der Waals surface area contributed by atoms with E-state index in [4.69, 9.17) is 4.74 Å². The molecule has 0 aromatic carbocycles. The predicted octanol–water partition coefficient (Wildman–Crippen LogP) is 1.63. The molecular formula is C19H26N6O4S. The second-order valence-electron chi connectivity index (χ2n) is 8.36. The summed E-state index contributed by atoms with van der Waals surface area (Å²) in [5.41, 5.74) is -0.807. The summed E-state index contributed by atoms with van der Waals surface area (Å²) in [5, 5.41) is 14.3. The van der Waals surface area contributed by atoms with Gasteiger partial charge in [0.2, 0.25) is 0 Å². The lowest BCUT2D eigenvalue weighted by Crippen LogP contribution is -2.49. The average Bonchev–Trinajstić information content (AvgIpc) is 3.03. The number of aryl methyl sites for hydroxylation is 1. The summed E-state index contributed by atoms with van der Waals surface area (Å²) < 4.78 is 7.75. The van der Waals surface area contributed by atoms with Gasteiger partial charge < -0.3 is 19.9 Å². The van der Waals surface area contributed by atoms with E-state index in [0.717, 1.165) is 29.2 Å². The van der Waals surface area contributed by atoms with E-state index in [1.54, 1.807) is 27.8 Å². The second kappa shape index (κ2) is 8.10. The van der Waals surface area contributed by atoms with Crippen LogP contribution in [-0.4, -0.2) is 44.9 Å². The van der Waals surface area contributed by atoms with Crippen molar-refractivity contribution in [3.05, 3.63) is 20.8 Å². The quantitative estimate of drug-likeness (QED) is 0.555. The van der Waals surface area contributed by atoms with Gasteiger partial charge in [0.25, 0.3) is 5.56 Å². The van der Waals surface area contributed by atoms with Crippen LogP contribution in [0.3, 0.4) is 0 Å². The molecule has 1 atom stereocenters. The van der Waals surface area contributed by atoms with E-state index in [9.17, 15) is 19.6 Å². The Hall–Kier alpha value is -2.87. The highest BCUT2D eigenvalue weighted by atomic mass is 32.2. The fraction of sp³-hybridized carbons (Fsp3) is 0.579. The first kappa shape index (κ1) is 21.8. The van der Waals surface area contributed by atoms with Crippen molar-refractivity contribution in [1.29, 1.82) is 5.26 Å². The number of rotatable bonds is 3. The number of nitrogens with zero attached hydrogens (tertiary/aromatic N) is 4. The number of carbonyl (C=O) groups excluding carboxylic acids is 1. The van der Waals surface area contributed by atoms with Gasteiger partial charge in [-0.05, 0) is 45.4 Å². The molecule has 2 aromatic rings. The molecule has 0 unspecified atom stereocenters. The van der Waals surface area contributed by atoms with Gasteiger partial charge in [0.15, 0.2) is 0 Å². The van der Waals surface area contributed by atoms with E-state index in [2.05, 4.69) is 10.3 Å². The molecule has 0 aliphatic carbocycles. The number of H-pyrrole nitrogens is 1. The number of ether oxygens (including phenoxy) is 1. The largest absolute Gasteiger partial charge is 0.444 e. The maximum absolute atomic E-state index is 12.6. The third-order valence-corrected chi connectivity index (χ3v) is 5.63. The number of thiocyanates is 1. The highest BCUT2D eigenvalue weighted by molar-refractivity contribution is 8.04. The molecule has 0 radical (unpaired) electrons. The average molecular weight is 435 g/mol. The molecule has 1 amide bonds. The maximum Gasteiger partial charge on any atom is 0.407 e. The number of nitrogens with one attached hydrogen (secondary N) is 2. The van der Waals surface area contributed by atoms with Crippen molar-refractivity contribution in [2.75, 3.05) is 18.0 Å². The first-order chi connectivity index (χ1) is 14.0. The molecule has 0 bridgehead atoms. The van der Waals surface area contributed by atoms with Crippen LogP contribution in [0, 0.1) is 10.7 Å². The van der Waals surface area contributed by atoms with Crippen molar-refractivity contribution < 1.29 is 9.53 Å². The van der Waals surface area contributed by atoms with Gasteiger partial charge in [0.05, 0.1) is 10.4 Å². The molecule has 1 fully saturated rings. The number of fused-ring (bicyclic) bond motifs is 1. The fourth-order valence-electron chi connectivity index (χ4n) is 3.65. The Morgan fingerprint density at radius 2 is 2.00 bits per heavy atom. The molecule has 1 saturated heterocycles. The number of nitriles is 1. The number of aromatic nitrogens is 3. The lowest BCUT2D eigenvalue weighted by atomic mass is 10.1. The van der Waals surface area contributed by atoms with Crippen molar-refractivity contribution in [2.24, 2.45) is 14.1 Å². The zero-order chi connectivity index (χ0) is 22.2. The zero-order valence-electron chi connectivity index (χ0n) is 17.7. The van der Waals surface area contributed by atoms with Gasteiger partial charge in [-0.15, -0.1) is 0 Å². The van der Waals surface area contributed by atoms with Crippen LogP contribution in [0.25, 0.3) is 11.0 Å². The standard InChI is InChI=1S/C19H26N6O4S/c1-19(2,3)29-17(27)21-11-7-6-8-25(9-11)15-14(30-10-20)13-12(22-15)16(26)24(5)18(28)23(13)4/h11,22H,6-9H2,1-5H3,(H,21,27)/t11-/m0/s1. The Labute approximate surface area is 177 Å². The molecule has 30 heavy (non-hydrogen) atoms. The first-order valence-electron chi connectivity index (χ1n) is 9.65. The summed E-state index contributed by atoms with van der Waals surface area (Å²) in [5.74, 6) is 0.602. The van der Waals surface area contributed by atoms with Crippen LogP contribution >= 0.6 is 11.8 Å². The fourth-order valence-corrected chi connectivity index (χ4v) is 4.35. The molecule has 10 nitrogen and oxygen atoms in total. The van der Waals surface area contributed by atoms with Gasteiger partial charge in [-0.3, -0.25) is 13.9 Å². The lowest BCUT2D eigenvalue weighted by Gasteiger charge is -2.34. The van der Waals surface area contributed by atoms with Crippen molar-refractivity contribution in [3.8, 4) is 5.40 Å². The van der Waals surface area contributed by atoms with Crippen LogP contribution in [0.2, 0.25) is 0 Å². The Balaban J connectivity index is 1.97. The van der Waals surface area contributed by atoms with Crippen LogP contribution in [-0.2, 0) is 18.8 Å². The van der Waals surface area contributed by atoms with E-state index >= 15 is 0 Å². The number of thioether (sulfide) groups is 1. The molecule has 1 aliphatic rings. The molecular weight excluding hydrogens is 408 g/mol. The number of anilines is 1. The molecule has 2 aromatic heterocycles. The highest BCUT2D eigenvalue weighted by Gasteiger charge is 2.29. The molecule has 3 heterocycles. The van der Waals surface area contributed by atoms with Gasteiger partial charge in [0.1, 0.15) is 22.3 Å². The van der Waals surface area contributed by atoms with Gasteiger partial charge in [-0.25, -0.2) is 9.59 Å². The summed E-state index contributed by atoms with van der Waals surface area (Å²) in [7, 11) is 3.00. The van der Waals surface area contributed by atoms with E-state index in [-0.39, 0.29) is 11.6 Å². The maximum atomic E-state index is 12.6. The Morgan fingerprint density at radius 1 is 1.30 bits per heavy atom. The number of piperidine rings is 1. The number of alkyl carbamates (subject to hydrolysis) is 1. The molecule has 162 valence electrons. The molecule has 11 heteroatoms. The number of hydrogen-bond acceptors (Lipinski definition) is 7. The minimum atomic E-state index is -0.586. The second-order valence-corrected chi connectivity index (χ2v) is 9.15. The molecule has 1 aliphatic heterocycles. The SMILES string of the molecule is Cn1c(=O)c2[nH]c(N3CCC[C@H](NC(=O)OC(C)(C)C)C3)c(SC#N)c2n(C)c1=O. The van der Waals surface area contributed by atoms with Crippen molar-refractivity contribution >= 4 is 34.7 Å². The normalized spacial score (nSPS) is 17.1. The summed E-state index contributed by atoms with van der Waals surface area (Å²) >= 11 is 0.905. The van der Waals surface area contributed by atoms with Crippen LogP contribution in [0.1, 0.15) is 33.6 Å². The number of carbonyl (C=O) groups is 1. The number of aromatic amines is 1. The van der Waals surface area contributed by atoms with Gasteiger partial charge in [0, 0.05) is 33.2 Å². The summed E-state index contributed by atoms with van der Waals surface area (Å²) in [6.07, 6.45) is 1.12. The van der Waals surface area contributed by atoms with Gasteiger partial charge in [-0.1, -0.05) is 0 Å². The minimum Gasteiger partial charge on any atom is -0.444 e. The monoisotopic (exact) mass is 434 g/mol. The van der Waals surface area contributed by atoms with Crippen LogP contribution in [0.5, 0.6) is 0 Å². The molecule has 0 spiro atoms. The summed E-state index contributed by atoms with van der Waals surface area (Å²) in [4.78, 5) is 42.8. The van der Waals surface area contributed by atoms with E-state index in [1.807, 2.05) is 10.3 Å². The summed E-state index contributed by atoms with van der Waals surface area (Å²) in [6, 6.07) is -0.147. The third-order valence-electron chi connectivity index (χ3n) is 4.94. The smallest absolute Gasteiger partial charge is 0.407 e. The van der Waals surface area contributed by atoms with Crippen molar-refractivity contribution in [2.45, 2.75) is 50.2 Å². The Bertz CT molecular complexity index is 1130. The van der Waals surface area contributed by atoms with Gasteiger partial charge in [-0.2, -0.15) is 5.26 Å². The first-order valence-corrected chi connectivity index (χ1v) is 10.5. The third kappa shape index (κ3) is 4.18. The van der Waals surface area contributed by atoms with E-state index < -0.39 is 22.9 Å². The Morgan fingerprint density at radius 3 is 2.63 bits per heavy atom. The topological polar surface area (TPSA) is 125 Å². The van der Waals surface area contributed by atoms with Crippen molar-refractivity contribution in [1.82, 2.24) is 19.4 Å². The van der Waals surface area contributed by atoms with E-state index in [0.29, 0.717) is 29.3 Å². The number of amides is 1. The van der Waals surface area contributed by atoms with Crippen LogP contribution in [0.4, 0.5) is 10.6 Å². The zero-order valence-corrected chi connectivity index (χ0v) is 18.6. The van der Waals surface area contributed by atoms with E-state index in [1.165, 1.54) is 11.6 Å². The van der Waals surface area contributed by atoms with Crippen molar-refractivity contribution in [3.63, 3.8) is 0 Å². The predicted molar refractivity (Wildman–Crippen MR) is 115 cm³/mol. The van der Waals surface area contributed by atoms with Gasteiger partial charge >= 0.3 is 11.8 Å². The minimum absolute atomic E-state index is 0.147. The Kier molecular flexibility index (Phi) is 5.90. The lowest BCUT2D eigenvalue weighted by molar-refractivity contribution is 0.0500. The molecule has 2 N–H and O–H groups in total. The van der Waals surface area contributed by atoms with Crippen LogP contribution < -0.4 is 21.5 Å². The van der Waals surface area contributed by atoms with Crippen LogP contribution in [0.15, 0.2) is 14.5 Å². The summed E-state index contributed by atoms with van der Waals surface area (Å²) in [6.45, 7) is 6.59. The molecule has 3 rings (SSSR count). The molecule has 0 saturated carbocycles. The highest BCUT2D eigenvalue weighted by Crippen LogP contribution is 2.36. The number of hydrogen-bond donors (Lipinski definition) is 2.